The van der Waals surface area contributed by atoms with E-state index in [9.17, 15) is 4.79 Å². The molecule has 0 saturated carbocycles. The third-order valence-electron chi connectivity index (χ3n) is 3.78. The molecule has 0 heterocycles. The molecule has 2 aliphatic rings. The van der Waals surface area contributed by atoms with E-state index in [2.05, 4.69) is 12.2 Å². The molecule has 0 aromatic rings. The van der Waals surface area contributed by atoms with Gasteiger partial charge in [-0.05, 0) is 43.3 Å². The first kappa shape index (κ1) is 12.7. The van der Waals surface area contributed by atoms with E-state index in [4.69, 9.17) is 15.2 Å². The van der Waals surface area contributed by atoms with E-state index in [1.165, 1.54) is 7.11 Å². The van der Waals surface area contributed by atoms with Crippen LogP contribution in [0, 0.1) is 5.41 Å². The van der Waals surface area contributed by atoms with Crippen LogP contribution in [0.1, 0.15) is 25.7 Å². The van der Waals surface area contributed by atoms with Crippen LogP contribution in [0.2, 0.25) is 0 Å². The molecule has 0 radical (unpaired) electrons. The molecule has 18 heavy (non-hydrogen) atoms. The number of carbonyl (C=O) groups is 1. The molecule has 1 spiro atoms. The van der Waals surface area contributed by atoms with Gasteiger partial charge in [-0.2, -0.15) is 0 Å². The van der Waals surface area contributed by atoms with Crippen molar-refractivity contribution in [1.29, 1.82) is 0 Å². The van der Waals surface area contributed by atoms with Gasteiger partial charge in [0, 0.05) is 5.70 Å². The van der Waals surface area contributed by atoms with Crippen LogP contribution in [-0.4, -0.2) is 20.2 Å². The molecule has 0 aliphatic heterocycles. The summed E-state index contributed by atoms with van der Waals surface area (Å²) in [6.45, 7) is 0. The number of rotatable bonds is 2. The number of esters is 1. The summed E-state index contributed by atoms with van der Waals surface area (Å²) < 4.78 is 9.93. The summed E-state index contributed by atoms with van der Waals surface area (Å²) in [6.07, 6.45) is 9.44. The van der Waals surface area contributed by atoms with Crippen molar-refractivity contribution in [2.45, 2.75) is 25.7 Å². The Kier molecular flexibility index (Phi) is 3.45. The normalized spacial score (nSPS) is 27.1. The van der Waals surface area contributed by atoms with E-state index in [1.54, 1.807) is 7.11 Å². The highest BCUT2D eigenvalue weighted by Crippen LogP contribution is 2.44. The van der Waals surface area contributed by atoms with Gasteiger partial charge < -0.3 is 15.2 Å². The molecule has 0 amide bonds. The van der Waals surface area contributed by atoms with Gasteiger partial charge in [-0.1, -0.05) is 6.08 Å². The Morgan fingerprint density at radius 1 is 1.44 bits per heavy atom. The third-order valence-corrected chi connectivity index (χ3v) is 3.78. The van der Waals surface area contributed by atoms with E-state index in [-0.39, 0.29) is 11.4 Å². The van der Waals surface area contributed by atoms with Crippen molar-refractivity contribution in [3.63, 3.8) is 0 Å². The summed E-state index contributed by atoms with van der Waals surface area (Å²) in [5.74, 6) is 0.595. The third kappa shape index (κ3) is 2.28. The van der Waals surface area contributed by atoms with Crippen LogP contribution in [0.25, 0.3) is 0 Å². The molecule has 4 nitrogen and oxygen atoms in total. The van der Waals surface area contributed by atoms with Crippen LogP contribution in [0.3, 0.4) is 0 Å². The van der Waals surface area contributed by atoms with Crippen molar-refractivity contribution in [2.24, 2.45) is 11.1 Å². The van der Waals surface area contributed by atoms with Gasteiger partial charge in [0.05, 0.1) is 19.8 Å². The second-order valence-electron chi connectivity index (χ2n) is 4.88. The summed E-state index contributed by atoms with van der Waals surface area (Å²) in [5, 5.41) is 0. The van der Waals surface area contributed by atoms with E-state index in [0.29, 0.717) is 24.1 Å². The van der Waals surface area contributed by atoms with Gasteiger partial charge in [-0.25, -0.2) is 4.79 Å². The molecular formula is C14H19NO3. The highest BCUT2D eigenvalue weighted by atomic mass is 16.5. The van der Waals surface area contributed by atoms with E-state index in [1.807, 2.05) is 6.08 Å². The van der Waals surface area contributed by atoms with Crippen molar-refractivity contribution in [1.82, 2.24) is 0 Å². The molecule has 0 aromatic heterocycles. The molecule has 2 aliphatic carbocycles. The summed E-state index contributed by atoms with van der Waals surface area (Å²) in [7, 11) is 3.06. The Morgan fingerprint density at radius 3 is 2.72 bits per heavy atom. The Balaban J connectivity index is 2.15. The summed E-state index contributed by atoms with van der Waals surface area (Å²) in [4.78, 5) is 11.5. The van der Waals surface area contributed by atoms with Crippen LogP contribution in [-0.2, 0) is 14.3 Å². The number of methoxy groups -OCH3 is 2. The number of hydrogen-bond acceptors (Lipinski definition) is 4. The number of allylic oxidation sites excluding steroid dienone is 4. The Hall–Kier alpha value is -1.71. The molecular weight excluding hydrogens is 230 g/mol. The first-order chi connectivity index (χ1) is 8.60. The van der Waals surface area contributed by atoms with E-state index in [0.717, 1.165) is 18.6 Å². The summed E-state index contributed by atoms with van der Waals surface area (Å²) in [6, 6.07) is 0. The average molecular weight is 249 g/mol. The van der Waals surface area contributed by atoms with Crippen molar-refractivity contribution in [3.05, 3.63) is 35.3 Å². The predicted octanol–water partition coefficient (Wildman–Crippen LogP) is 2.03. The monoisotopic (exact) mass is 249 g/mol. The minimum absolute atomic E-state index is 0.0453. The number of nitrogens with two attached hydrogens (primary N) is 1. The maximum atomic E-state index is 11.5. The molecule has 2 rings (SSSR count). The molecule has 0 bridgehead atoms. The molecule has 0 unspecified atom stereocenters. The maximum absolute atomic E-state index is 11.5. The molecule has 0 saturated heterocycles. The van der Waals surface area contributed by atoms with Crippen LogP contribution < -0.4 is 5.73 Å². The van der Waals surface area contributed by atoms with Crippen molar-refractivity contribution in [3.8, 4) is 0 Å². The molecule has 0 fully saturated rings. The molecule has 98 valence electrons. The zero-order valence-corrected chi connectivity index (χ0v) is 10.9. The second-order valence-corrected chi connectivity index (χ2v) is 4.88. The van der Waals surface area contributed by atoms with Gasteiger partial charge in [0.25, 0.3) is 0 Å². The fourth-order valence-corrected chi connectivity index (χ4v) is 2.63. The zero-order chi connectivity index (χ0) is 13.2. The lowest BCUT2D eigenvalue weighted by atomic mass is 9.69. The minimum atomic E-state index is -0.296. The van der Waals surface area contributed by atoms with Crippen LogP contribution in [0.4, 0.5) is 0 Å². The number of ether oxygens (including phenoxy) is 2. The van der Waals surface area contributed by atoms with Crippen molar-refractivity contribution in [2.75, 3.05) is 14.2 Å². The SMILES string of the molecule is COC(=O)C1=C(N)C[C@]2(C=CC(OC)=CC2)CC1. The lowest BCUT2D eigenvalue weighted by Crippen LogP contribution is -2.29. The van der Waals surface area contributed by atoms with Gasteiger partial charge in [-0.15, -0.1) is 0 Å². The van der Waals surface area contributed by atoms with Crippen molar-refractivity contribution < 1.29 is 14.3 Å². The van der Waals surface area contributed by atoms with Crippen LogP contribution in [0.15, 0.2) is 35.3 Å². The molecule has 4 heteroatoms. The predicted molar refractivity (Wildman–Crippen MR) is 68.4 cm³/mol. The summed E-state index contributed by atoms with van der Waals surface area (Å²) in [5.41, 5.74) is 7.36. The first-order valence-corrected chi connectivity index (χ1v) is 6.09. The molecule has 1 atom stereocenters. The largest absolute Gasteiger partial charge is 0.497 e. The fourth-order valence-electron chi connectivity index (χ4n) is 2.63. The lowest BCUT2D eigenvalue weighted by Gasteiger charge is -2.36. The van der Waals surface area contributed by atoms with Gasteiger partial charge in [0.2, 0.25) is 0 Å². The van der Waals surface area contributed by atoms with Crippen LogP contribution in [0.5, 0.6) is 0 Å². The topological polar surface area (TPSA) is 61.5 Å². The van der Waals surface area contributed by atoms with E-state index >= 15 is 0 Å². The smallest absolute Gasteiger partial charge is 0.335 e. The highest BCUT2D eigenvalue weighted by molar-refractivity contribution is 5.89. The van der Waals surface area contributed by atoms with E-state index < -0.39 is 0 Å². The average Bonchev–Trinajstić information content (AvgIpc) is 2.39. The quantitative estimate of drug-likeness (QED) is 0.761. The first-order valence-electron chi connectivity index (χ1n) is 6.09. The van der Waals surface area contributed by atoms with Crippen LogP contribution >= 0.6 is 0 Å². The second kappa shape index (κ2) is 4.88. The lowest BCUT2D eigenvalue weighted by molar-refractivity contribution is -0.136. The number of carbonyl (C=O) groups excluding carboxylic acids is 1. The Bertz CT molecular complexity index is 448. The Morgan fingerprint density at radius 2 is 2.22 bits per heavy atom. The highest BCUT2D eigenvalue weighted by Gasteiger charge is 2.35. The fraction of sp³-hybridized carbons (Fsp3) is 0.500. The molecule has 0 aromatic carbocycles. The zero-order valence-electron chi connectivity index (χ0n) is 10.9. The van der Waals surface area contributed by atoms with Gasteiger partial charge in [0.15, 0.2) is 0 Å². The van der Waals surface area contributed by atoms with Gasteiger partial charge in [0.1, 0.15) is 5.76 Å². The standard InChI is InChI=1S/C14H19NO3/c1-17-10-3-6-14(7-4-10)8-5-11(12(15)9-14)13(16)18-2/h3-4,6H,5,7-9,15H2,1-2H3/t14-/m0/s1. The summed E-state index contributed by atoms with van der Waals surface area (Å²) >= 11 is 0. The van der Waals surface area contributed by atoms with Crippen molar-refractivity contribution >= 4 is 5.97 Å². The maximum Gasteiger partial charge on any atom is 0.335 e. The molecule has 2 N–H and O–H groups in total. The number of hydrogen-bond donors (Lipinski definition) is 1. The van der Waals surface area contributed by atoms with Gasteiger partial charge in [-0.3, -0.25) is 0 Å². The van der Waals surface area contributed by atoms with Gasteiger partial charge >= 0.3 is 5.97 Å². The Labute approximate surface area is 107 Å². The minimum Gasteiger partial charge on any atom is -0.497 e.